The summed E-state index contributed by atoms with van der Waals surface area (Å²) < 4.78 is 0. The van der Waals surface area contributed by atoms with Crippen molar-refractivity contribution in [1.82, 2.24) is 0 Å². The number of amides is 1. The van der Waals surface area contributed by atoms with Crippen LogP contribution in [0.3, 0.4) is 0 Å². The summed E-state index contributed by atoms with van der Waals surface area (Å²) in [6, 6.07) is 18.8. The van der Waals surface area contributed by atoms with Crippen molar-refractivity contribution in [3.63, 3.8) is 0 Å². The fourth-order valence-corrected chi connectivity index (χ4v) is 3.08. The molecule has 1 aliphatic heterocycles. The van der Waals surface area contributed by atoms with Gasteiger partial charge in [-0.05, 0) is 43.4 Å². The van der Waals surface area contributed by atoms with Crippen LogP contribution in [0.4, 0.5) is 5.69 Å². The van der Waals surface area contributed by atoms with E-state index in [2.05, 4.69) is 37.3 Å². The Labute approximate surface area is 126 Å². The van der Waals surface area contributed by atoms with Crippen molar-refractivity contribution in [1.29, 1.82) is 0 Å². The molecule has 3 rings (SSSR count). The number of rotatable bonds is 3. The zero-order valence-electron chi connectivity index (χ0n) is 12.5. The van der Waals surface area contributed by atoms with E-state index in [-0.39, 0.29) is 5.91 Å². The van der Waals surface area contributed by atoms with Gasteiger partial charge in [-0.3, -0.25) is 4.79 Å². The van der Waals surface area contributed by atoms with Gasteiger partial charge >= 0.3 is 0 Å². The first-order valence-electron chi connectivity index (χ1n) is 7.69. The van der Waals surface area contributed by atoms with E-state index in [4.69, 9.17) is 0 Å². The van der Waals surface area contributed by atoms with Crippen molar-refractivity contribution >= 4 is 11.6 Å². The van der Waals surface area contributed by atoms with Crippen LogP contribution in [0, 0.1) is 0 Å². The number of fused-ring (bicyclic) bond motifs is 1. The first-order chi connectivity index (χ1) is 10.3. The first-order valence-corrected chi connectivity index (χ1v) is 7.69. The Morgan fingerprint density at radius 1 is 1.10 bits per heavy atom. The number of aryl methyl sites for hydroxylation is 2. The van der Waals surface area contributed by atoms with Crippen molar-refractivity contribution in [2.24, 2.45) is 0 Å². The van der Waals surface area contributed by atoms with Gasteiger partial charge in [0.05, 0.1) is 0 Å². The van der Waals surface area contributed by atoms with E-state index in [0.29, 0.717) is 12.5 Å². The fraction of sp³-hybridized carbons (Fsp3) is 0.316. The first kappa shape index (κ1) is 13.9. The molecule has 0 saturated heterocycles. The highest BCUT2D eigenvalue weighted by atomic mass is 16.2. The third kappa shape index (κ3) is 2.99. The molecule has 2 nitrogen and oxygen atoms in total. The highest BCUT2D eigenvalue weighted by Crippen LogP contribution is 2.31. The Morgan fingerprint density at radius 3 is 2.62 bits per heavy atom. The quantitative estimate of drug-likeness (QED) is 0.832. The van der Waals surface area contributed by atoms with Crippen LogP contribution >= 0.6 is 0 Å². The Bertz CT molecular complexity index is 620. The van der Waals surface area contributed by atoms with Gasteiger partial charge < -0.3 is 4.90 Å². The molecule has 1 unspecified atom stereocenters. The third-order valence-electron chi connectivity index (χ3n) is 4.26. The smallest absolute Gasteiger partial charge is 0.227 e. The Hall–Kier alpha value is -2.09. The molecular weight excluding hydrogens is 258 g/mol. The number of anilines is 1. The molecule has 0 N–H and O–H groups in total. The summed E-state index contributed by atoms with van der Waals surface area (Å²) in [4.78, 5) is 14.7. The van der Waals surface area contributed by atoms with Crippen LogP contribution < -0.4 is 4.90 Å². The van der Waals surface area contributed by atoms with Crippen LogP contribution in [0.25, 0.3) is 0 Å². The predicted molar refractivity (Wildman–Crippen MR) is 86.5 cm³/mol. The highest BCUT2D eigenvalue weighted by molar-refractivity contribution is 5.95. The molecule has 1 aliphatic rings. The van der Waals surface area contributed by atoms with Crippen LogP contribution in [-0.4, -0.2) is 11.9 Å². The minimum absolute atomic E-state index is 0.235. The number of nitrogens with zero attached hydrogens (tertiary/aromatic N) is 1. The molecule has 0 aliphatic carbocycles. The molecular formula is C19H21NO. The molecule has 0 fully saturated rings. The largest absolute Gasteiger partial charge is 0.309 e. The second-order valence-corrected chi connectivity index (χ2v) is 5.77. The summed E-state index contributed by atoms with van der Waals surface area (Å²) in [6.45, 7) is 2.15. The predicted octanol–water partition coefficient (Wildman–Crippen LogP) is 3.99. The minimum atomic E-state index is 0.235. The summed E-state index contributed by atoms with van der Waals surface area (Å²) in [7, 11) is 0. The molecule has 0 spiro atoms. The van der Waals surface area contributed by atoms with Gasteiger partial charge in [-0.1, -0.05) is 48.5 Å². The van der Waals surface area contributed by atoms with Crippen molar-refractivity contribution in [2.75, 3.05) is 4.90 Å². The molecule has 1 atom stereocenters. The van der Waals surface area contributed by atoms with E-state index >= 15 is 0 Å². The topological polar surface area (TPSA) is 20.3 Å². The zero-order valence-corrected chi connectivity index (χ0v) is 12.5. The molecule has 108 valence electrons. The monoisotopic (exact) mass is 279 g/mol. The lowest BCUT2D eigenvalue weighted by Crippen LogP contribution is -2.42. The molecule has 2 aromatic carbocycles. The summed E-state index contributed by atoms with van der Waals surface area (Å²) in [5.74, 6) is 0.235. The molecule has 21 heavy (non-hydrogen) atoms. The standard InChI is InChI=1S/C19H21NO/c1-15-11-13-17-9-5-6-10-18(17)20(15)19(21)14-12-16-7-3-2-4-8-16/h2-10,15H,11-14H2,1H3. The van der Waals surface area contributed by atoms with Crippen molar-refractivity contribution in [2.45, 2.75) is 38.6 Å². The second kappa shape index (κ2) is 6.13. The van der Waals surface area contributed by atoms with E-state index in [9.17, 15) is 4.79 Å². The van der Waals surface area contributed by atoms with Gasteiger partial charge in [-0.15, -0.1) is 0 Å². The molecule has 1 heterocycles. The van der Waals surface area contributed by atoms with Crippen LogP contribution in [-0.2, 0) is 17.6 Å². The van der Waals surface area contributed by atoms with Gasteiger partial charge in [0.25, 0.3) is 0 Å². The van der Waals surface area contributed by atoms with Gasteiger partial charge in [0.1, 0.15) is 0 Å². The maximum Gasteiger partial charge on any atom is 0.227 e. The van der Waals surface area contributed by atoms with E-state index in [0.717, 1.165) is 24.9 Å². The van der Waals surface area contributed by atoms with Gasteiger partial charge in [0, 0.05) is 18.2 Å². The SMILES string of the molecule is CC1CCc2ccccc2N1C(=O)CCc1ccccc1. The maximum atomic E-state index is 12.7. The molecule has 0 aromatic heterocycles. The van der Waals surface area contributed by atoms with Gasteiger partial charge in [0.15, 0.2) is 0 Å². The van der Waals surface area contributed by atoms with Gasteiger partial charge in [-0.2, -0.15) is 0 Å². The molecule has 0 bridgehead atoms. The minimum Gasteiger partial charge on any atom is -0.309 e. The summed E-state index contributed by atoms with van der Waals surface area (Å²) >= 11 is 0. The summed E-state index contributed by atoms with van der Waals surface area (Å²) in [6.07, 6.45) is 3.50. The number of hydrogen-bond acceptors (Lipinski definition) is 1. The van der Waals surface area contributed by atoms with E-state index in [1.165, 1.54) is 11.1 Å². The van der Waals surface area contributed by atoms with Crippen LogP contribution in [0.5, 0.6) is 0 Å². The van der Waals surface area contributed by atoms with Crippen molar-refractivity contribution in [3.8, 4) is 0 Å². The fourth-order valence-electron chi connectivity index (χ4n) is 3.08. The molecule has 2 aromatic rings. The summed E-state index contributed by atoms with van der Waals surface area (Å²) in [5, 5.41) is 0. The number of carbonyl (C=O) groups excluding carboxylic acids is 1. The molecule has 1 amide bonds. The Morgan fingerprint density at radius 2 is 1.81 bits per heavy atom. The number of hydrogen-bond donors (Lipinski definition) is 0. The van der Waals surface area contributed by atoms with Crippen LogP contribution in [0.2, 0.25) is 0 Å². The van der Waals surface area contributed by atoms with Crippen LogP contribution in [0.15, 0.2) is 54.6 Å². The molecule has 2 heteroatoms. The van der Waals surface area contributed by atoms with Crippen molar-refractivity contribution in [3.05, 3.63) is 65.7 Å². The van der Waals surface area contributed by atoms with Crippen LogP contribution in [0.1, 0.15) is 30.9 Å². The van der Waals surface area contributed by atoms with Crippen molar-refractivity contribution < 1.29 is 4.79 Å². The number of para-hydroxylation sites is 1. The van der Waals surface area contributed by atoms with Gasteiger partial charge in [0.2, 0.25) is 5.91 Å². The van der Waals surface area contributed by atoms with E-state index in [1.807, 2.05) is 29.2 Å². The van der Waals surface area contributed by atoms with E-state index in [1.54, 1.807) is 0 Å². The normalized spacial score (nSPS) is 17.4. The Balaban J connectivity index is 1.75. The average molecular weight is 279 g/mol. The lowest BCUT2D eigenvalue weighted by molar-refractivity contribution is -0.119. The van der Waals surface area contributed by atoms with E-state index < -0.39 is 0 Å². The lowest BCUT2D eigenvalue weighted by Gasteiger charge is -2.35. The number of carbonyl (C=O) groups is 1. The lowest BCUT2D eigenvalue weighted by atomic mass is 9.96. The second-order valence-electron chi connectivity index (χ2n) is 5.77. The molecule has 0 radical (unpaired) electrons. The highest BCUT2D eigenvalue weighted by Gasteiger charge is 2.27. The molecule has 0 saturated carbocycles. The Kier molecular flexibility index (Phi) is 4.05. The van der Waals surface area contributed by atoms with Gasteiger partial charge in [-0.25, -0.2) is 0 Å². The maximum absolute atomic E-state index is 12.7. The third-order valence-corrected chi connectivity index (χ3v) is 4.26. The average Bonchev–Trinajstić information content (AvgIpc) is 2.53. The summed E-state index contributed by atoms with van der Waals surface area (Å²) in [5.41, 5.74) is 3.63. The number of benzene rings is 2. The zero-order chi connectivity index (χ0) is 14.7.